The first kappa shape index (κ1) is 20.7. The molecule has 0 aromatic rings. The Kier molecular flexibility index (Phi) is 14.2. The number of hydrogen-bond acceptors (Lipinski definition) is 6. The standard InChI is InChI=1S/C10H14O4.C4H10O2/c1-7(2)9(11)13-5-6-14-10(12)8(3)4;5-3-1-2-4-6/h1,3,5-6H2,2,4H3;5-6H,1-4H2. The summed E-state index contributed by atoms with van der Waals surface area (Å²) in [5, 5.41) is 16.2. The van der Waals surface area contributed by atoms with Gasteiger partial charge < -0.3 is 19.7 Å². The summed E-state index contributed by atoms with van der Waals surface area (Å²) >= 11 is 0. The van der Waals surface area contributed by atoms with Gasteiger partial charge in [-0.3, -0.25) is 0 Å². The molecule has 0 spiro atoms. The van der Waals surface area contributed by atoms with Gasteiger partial charge in [-0.25, -0.2) is 9.59 Å². The molecule has 0 saturated heterocycles. The van der Waals surface area contributed by atoms with Crippen molar-refractivity contribution < 1.29 is 29.3 Å². The van der Waals surface area contributed by atoms with E-state index in [1.807, 2.05) is 0 Å². The molecule has 0 unspecified atom stereocenters. The van der Waals surface area contributed by atoms with E-state index in [9.17, 15) is 9.59 Å². The Morgan fingerprint density at radius 3 is 1.35 bits per heavy atom. The lowest BCUT2D eigenvalue weighted by Gasteiger charge is -2.05. The van der Waals surface area contributed by atoms with Crippen molar-refractivity contribution in [2.45, 2.75) is 26.7 Å². The van der Waals surface area contributed by atoms with Crippen LogP contribution < -0.4 is 0 Å². The van der Waals surface area contributed by atoms with E-state index in [1.165, 1.54) is 0 Å². The van der Waals surface area contributed by atoms with Gasteiger partial charge in [0.1, 0.15) is 13.2 Å². The van der Waals surface area contributed by atoms with E-state index in [0.717, 1.165) is 12.8 Å². The largest absolute Gasteiger partial charge is 0.459 e. The fourth-order valence-electron chi connectivity index (χ4n) is 0.739. The number of ether oxygens (including phenoxy) is 2. The molecule has 0 aliphatic carbocycles. The molecule has 6 nitrogen and oxygen atoms in total. The van der Waals surface area contributed by atoms with Crippen LogP contribution in [0.4, 0.5) is 0 Å². The van der Waals surface area contributed by atoms with E-state index < -0.39 is 11.9 Å². The number of rotatable bonds is 8. The smallest absolute Gasteiger partial charge is 0.333 e. The average molecular weight is 288 g/mol. The monoisotopic (exact) mass is 288 g/mol. The number of hydrogen-bond donors (Lipinski definition) is 2. The lowest BCUT2D eigenvalue weighted by Crippen LogP contribution is -2.14. The Bertz CT molecular complexity index is 290. The molecule has 0 fully saturated rings. The van der Waals surface area contributed by atoms with E-state index >= 15 is 0 Å². The third-order valence-electron chi connectivity index (χ3n) is 1.81. The van der Waals surface area contributed by atoms with E-state index in [0.29, 0.717) is 11.1 Å². The maximum absolute atomic E-state index is 10.8. The first-order valence-corrected chi connectivity index (χ1v) is 6.23. The van der Waals surface area contributed by atoms with Gasteiger partial charge in [-0.2, -0.15) is 0 Å². The van der Waals surface area contributed by atoms with Crippen LogP contribution in [0.25, 0.3) is 0 Å². The molecule has 0 rings (SSSR count). The number of aliphatic hydroxyl groups excluding tert-OH is 2. The second-order valence-corrected chi connectivity index (χ2v) is 3.99. The predicted octanol–water partition coefficient (Wildman–Crippen LogP) is 0.976. The molecule has 2 N–H and O–H groups in total. The van der Waals surface area contributed by atoms with Crippen LogP contribution >= 0.6 is 0 Å². The van der Waals surface area contributed by atoms with E-state index in [2.05, 4.69) is 22.6 Å². The van der Waals surface area contributed by atoms with E-state index in [4.69, 9.17) is 10.2 Å². The highest BCUT2D eigenvalue weighted by Crippen LogP contribution is 1.94. The summed E-state index contributed by atoms with van der Waals surface area (Å²) < 4.78 is 9.38. The van der Waals surface area contributed by atoms with Crippen molar-refractivity contribution in [2.24, 2.45) is 0 Å². The van der Waals surface area contributed by atoms with Crippen LogP contribution in [-0.2, 0) is 19.1 Å². The zero-order chi connectivity index (χ0) is 16.0. The van der Waals surface area contributed by atoms with Gasteiger partial charge in [-0.15, -0.1) is 0 Å². The minimum atomic E-state index is -0.489. The van der Waals surface area contributed by atoms with Gasteiger partial charge in [-0.1, -0.05) is 13.2 Å². The summed E-state index contributed by atoms with van der Waals surface area (Å²) in [5.41, 5.74) is 0.632. The maximum Gasteiger partial charge on any atom is 0.333 e. The first-order valence-electron chi connectivity index (χ1n) is 6.23. The van der Waals surface area contributed by atoms with Crippen molar-refractivity contribution in [3.8, 4) is 0 Å². The van der Waals surface area contributed by atoms with Crippen LogP contribution in [0.3, 0.4) is 0 Å². The van der Waals surface area contributed by atoms with Crippen LogP contribution in [-0.4, -0.2) is 48.6 Å². The van der Waals surface area contributed by atoms with Gasteiger partial charge >= 0.3 is 11.9 Å². The third kappa shape index (κ3) is 14.4. The summed E-state index contributed by atoms with van der Waals surface area (Å²) in [6, 6.07) is 0. The average Bonchev–Trinajstić information content (AvgIpc) is 2.41. The van der Waals surface area contributed by atoms with Gasteiger partial charge in [0, 0.05) is 24.4 Å². The molecule has 0 amide bonds. The molecule has 0 saturated carbocycles. The fraction of sp³-hybridized carbons (Fsp3) is 0.571. The third-order valence-corrected chi connectivity index (χ3v) is 1.81. The SMILES string of the molecule is C=C(C)C(=O)OCCOC(=O)C(=C)C.OCCCCO. The molecule has 0 aliphatic heterocycles. The summed E-state index contributed by atoms with van der Waals surface area (Å²) in [6.07, 6.45) is 1.44. The number of carbonyl (C=O) groups is 2. The second-order valence-electron chi connectivity index (χ2n) is 3.99. The molecule has 0 aliphatic rings. The van der Waals surface area contributed by atoms with Crippen molar-refractivity contribution >= 4 is 11.9 Å². The molecule has 0 radical (unpaired) electrons. The van der Waals surface area contributed by atoms with E-state index in [1.54, 1.807) is 13.8 Å². The van der Waals surface area contributed by atoms with E-state index in [-0.39, 0.29) is 26.4 Å². The first-order chi connectivity index (χ1) is 9.36. The Morgan fingerprint density at radius 2 is 1.15 bits per heavy atom. The molecule has 0 heterocycles. The van der Waals surface area contributed by atoms with Crippen molar-refractivity contribution in [3.05, 3.63) is 24.3 Å². The zero-order valence-electron chi connectivity index (χ0n) is 12.2. The van der Waals surface area contributed by atoms with Crippen molar-refractivity contribution in [3.63, 3.8) is 0 Å². The van der Waals surface area contributed by atoms with Crippen LogP contribution in [0.5, 0.6) is 0 Å². The molecular formula is C14H24O6. The van der Waals surface area contributed by atoms with Crippen molar-refractivity contribution in [1.29, 1.82) is 0 Å². The topological polar surface area (TPSA) is 93.1 Å². The molecule has 0 atom stereocenters. The summed E-state index contributed by atoms with van der Waals surface area (Å²) in [7, 11) is 0. The normalized spacial score (nSPS) is 9.00. The second kappa shape index (κ2) is 13.8. The Balaban J connectivity index is 0. The number of aliphatic hydroxyl groups is 2. The highest BCUT2D eigenvalue weighted by atomic mass is 16.6. The predicted molar refractivity (Wildman–Crippen MR) is 75.0 cm³/mol. The Hall–Kier alpha value is -1.66. The number of esters is 2. The van der Waals surface area contributed by atoms with Crippen LogP contribution in [0, 0.1) is 0 Å². The van der Waals surface area contributed by atoms with Crippen molar-refractivity contribution in [2.75, 3.05) is 26.4 Å². The number of carbonyl (C=O) groups excluding carboxylic acids is 2. The van der Waals surface area contributed by atoms with Gasteiger partial charge in [0.15, 0.2) is 0 Å². The molecule has 0 bridgehead atoms. The summed E-state index contributed by atoms with van der Waals surface area (Å²) in [4.78, 5) is 21.7. The van der Waals surface area contributed by atoms with Gasteiger partial charge in [0.2, 0.25) is 0 Å². The molecule has 0 aromatic heterocycles. The van der Waals surface area contributed by atoms with Crippen molar-refractivity contribution in [1.82, 2.24) is 0 Å². The van der Waals surface area contributed by atoms with Crippen LogP contribution in [0.2, 0.25) is 0 Å². The molecule has 20 heavy (non-hydrogen) atoms. The highest BCUT2D eigenvalue weighted by Gasteiger charge is 2.05. The van der Waals surface area contributed by atoms with Crippen LogP contribution in [0.15, 0.2) is 24.3 Å². The quantitative estimate of drug-likeness (QED) is 0.393. The van der Waals surface area contributed by atoms with Gasteiger partial charge in [0.25, 0.3) is 0 Å². The fourth-order valence-corrected chi connectivity index (χ4v) is 0.739. The molecule has 0 aromatic carbocycles. The Labute approximate surface area is 119 Å². The van der Waals surface area contributed by atoms with Gasteiger partial charge in [-0.05, 0) is 26.7 Å². The van der Waals surface area contributed by atoms with Crippen LogP contribution in [0.1, 0.15) is 26.7 Å². The minimum Gasteiger partial charge on any atom is -0.459 e. The number of unbranched alkanes of at least 4 members (excludes halogenated alkanes) is 1. The zero-order valence-corrected chi connectivity index (χ0v) is 12.2. The lowest BCUT2D eigenvalue weighted by molar-refractivity contribution is -0.147. The Morgan fingerprint density at radius 1 is 0.850 bits per heavy atom. The molecule has 6 heteroatoms. The lowest BCUT2D eigenvalue weighted by atomic mass is 10.3. The summed E-state index contributed by atoms with van der Waals surface area (Å²) in [6.45, 7) is 10.3. The summed E-state index contributed by atoms with van der Waals surface area (Å²) in [5.74, 6) is -0.979. The molecular weight excluding hydrogens is 264 g/mol. The van der Waals surface area contributed by atoms with Gasteiger partial charge in [0.05, 0.1) is 0 Å². The highest BCUT2D eigenvalue weighted by molar-refractivity contribution is 5.87. The maximum atomic E-state index is 10.8. The minimum absolute atomic E-state index is 0.0325. The molecule has 116 valence electrons.